The lowest BCUT2D eigenvalue weighted by Gasteiger charge is -2.32. The van der Waals surface area contributed by atoms with Crippen LogP contribution in [0, 0.1) is 0 Å². The van der Waals surface area contributed by atoms with E-state index >= 15 is 0 Å². The average Bonchev–Trinajstić information content (AvgIpc) is 3.18. The summed E-state index contributed by atoms with van der Waals surface area (Å²) in [4.78, 5) is 29.3. The van der Waals surface area contributed by atoms with Crippen molar-refractivity contribution in [3.8, 4) is 0 Å². The van der Waals surface area contributed by atoms with Gasteiger partial charge < -0.3 is 19.9 Å². The quantitative estimate of drug-likeness (QED) is 0.713. The SMILES string of the molecule is CC(C)(C)OC(=O)NC1CCN(C(=O)c2cc(S(=O)(=O)N3CCSCC3)c[nH]2)CC1. The van der Waals surface area contributed by atoms with E-state index in [1.165, 1.54) is 16.6 Å². The number of ether oxygens (including phenoxy) is 1. The zero-order valence-corrected chi connectivity index (χ0v) is 19.3. The Hall–Kier alpha value is -1.72. The van der Waals surface area contributed by atoms with Gasteiger partial charge in [0.1, 0.15) is 16.2 Å². The monoisotopic (exact) mass is 458 g/mol. The minimum absolute atomic E-state index is 0.0551. The third-order valence-corrected chi connectivity index (χ3v) is 7.82. The second-order valence-electron chi connectivity index (χ2n) is 8.48. The van der Waals surface area contributed by atoms with Gasteiger partial charge in [0, 0.05) is 49.9 Å². The number of thioether (sulfide) groups is 1. The number of aromatic amines is 1. The van der Waals surface area contributed by atoms with Crippen molar-refractivity contribution in [3.05, 3.63) is 18.0 Å². The molecule has 2 amide bonds. The summed E-state index contributed by atoms with van der Waals surface area (Å²) in [6, 6.07) is 1.37. The number of likely N-dealkylation sites (tertiary alicyclic amines) is 1. The van der Waals surface area contributed by atoms with Crippen LogP contribution in [0.25, 0.3) is 0 Å². The van der Waals surface area contributed by atoms with Crippen molar-refractivity contribution in [2.24, 2.45) is 0 Å². The lowest BCUT2D eigenvalue weighted by Crippen LogP contribution is -2.47. The number of amides is 2. The van der Waals surface area contributed by atoms with Gasteiger partial charge in [0.15, 0.2) is 0 Å². The summed E-state index contributed by atoms with van der Waals surface area (Å²) in [5.41, 5.74) is -0.294. The maximum Gasteiger partial charge on any atom is 0.407 e. The lowest BCUT2D eigenvalue weighted by atomic mass is 10.0. The number of hydrogen-bond donors (Lipinski definition) is 2. The lowest BCUT2D eigenvalue weighted by molar-refractivity contribution is 0.0473. The van der Waals surface area contributed by atoms with Crippen LogP contribution in [0.5, 0.6) is 0 Å². The van der Waals surface area contributed by atoms with Crippen molar-refractivity contribution >= 4 is 33.8 Å². The van der Waals surface area contributed by atoms with Crippen LogP contribution in [-0.2, 0) is 14.8 Å². The van der Waals surface area contributed by atoms with Gasteiger partial charge in [0.25, 0.3) is 5.91 Å². The Morgan fingerprint density at radius 3 is 2.40 bits per heavy atom. The second-order valence-corrected chi connectivity index (χ2v) is 11.6. The zero-order valence-electron chi connectivity index (χ0n) is 17.6. The van der Waals surface area contributed by atoms with Crippen molar-refractivity contribution in [2.45, 2.75) is 50.2 Å². The minimum atomic E-state index is -3.59. The van der Waals surface area contributed by atoms with Crippen LogP contribution in [0.2, 0.25) is 0 Å². The number of rotatable bonds is 4. The molecule has 30 heavy (non-hydrogen) atoms. The summed E-state index contributed by atoms with van der Waals surface area (Å²) in [6.07, 6.45) is 2.16. The van der Waals surface area contributed by atoms with Crippen LogP contribution >= 0.6 is 11.8 Å². The van der Waals surface area contributed by atoms with E-state index in [1.54, 1.807) is 16.7 Å². The van der Waals surface area contributed by atoms with Gasteiger partial charge in [-0.25, -0.2) is 13.2 Å². The molecule has 0 spiro atoms. The van der Waals surface area contributed by atoms with Gasteiger partial charge in [0.05, 0.1) is 0 Å². The molecule has 9 nitrogen and oxygen atoms in total. The van der Waals surface area contributed by atoms with E-state index in [0.717, 1.165) is 11.5 Å². The summed E-state index contributed by atoms with van der Waals surface area (Å²) < 4.78 is 32.3. The Bertz CT molecular complexity index is 864. The van der Waals surface area contributed by atoms with Gasteiger partial charge in [0.2, 0.25) is 10.0 Å². The Morgan fingerprint density at radius 1 is 1.17 bits per heavy atom. The fraction of sp³-hybridized carbons (Fsp3) is 0.684. The number of sulfonamides is 1. The Morgan fingerprint density at radius 2 is 1.80 bits per heavy atom. The molecular formula is C19H30N4O5S2. The third-order valence-electron chi connectivity index (χ3n) is 5.00. The molecular weight excluding hydrogens is 428 g/mol. The summed E-state index contributed by atoms with van der Waals surface area (Å²) in [5, 5.41) is 2.84. The highest BCUT2D eigenvalue weighted by atomic mass is 32.2. The first-order valence-corrected chi connectivity index (χ1v) is 12.7. The van der Waals surface area contributed by atoms with E-state index in [-0.39, 0.29) is 22.5 Å². The first kappa shape index (κ1) is 23.0. The predicted molar refractivity (Wildman–Crippen MR) is 115 cm³/mol. The number of nitrogens with zero attached hydrogens (tertiary/aromatic N) is 2. The molecule has 3 rings (SSSR count). The molecule has 0 atom stereocenters. The molecule has 1 aromatic heterocycles. The molecule has 0 aliphatic carbocycles. The van der Waals surface area contributed by atoms with E-state index in [9.17, 15) is 18.0 Å². The number of carbonyl (C=O) groups excluding carboxylic acids is 2. The van der Waals surface area contributed by atoms with E-state index in [1.807, 2.05) is 20.8 Å². The van der Waals surface area contributed by atoms with Crippen molar-refractivity contribution in [3.63, 3.8) is 0 Å². The molecule has 0 unspecified atom stereocenters. The highest BCUT2D eigenvalue weighted by Crippen LogP contribution is 2.22. The first-order chi connectivity index (χ1) is 14.1. The molecule has 11 heteroatoms. The highest BCUT2D eigenvalue weighted by Gasteiger charge is 2.30. The van der Waals surface area contributed by atoms with Gasteiger partial charge in [-0.3, -0.25) is 4.79 Å². The van der Waals surface area contributed by atoms with E-state index in [4.69, 9.17) is 4.74 Å². The van der Waals surface area contributed by atoms with Crippen molar-refractivity contribution < 1.29 is 22.7 Å². The Kier molecular flexibility index (Phi) is 7.03. The fourth-order valence-electron chi connectivity index (χ4n) is 3.45. The molecule has 2 aliphatic rings. The average molecular weight is 459 g/mol. The Balaban J connectivity index is 1.55. The molecule has 0 saturated carbocycles. The fourth-order valence-corrected chi connectivity index (χ4v) is 6.02. The molecule has 168 valence electrons. The van der Waals surface area contributed by atoms with Crippen LogP contribution in [0.1, 0.15) is 44.1 Å². The van der Waals surface area contributed by atoms with Gasteiger partial charge in [-0.2, -0.15) is 16.1 Å². The number of alkyl carbamates (subject to hydrolysis) is 1. The normalized spacial score (nSPS) is 19.5. The van der Waals surface area contributed by atoms with E-state index in [0.29, 0.717) is 39.0 Å². The number of H-pyrrole nitrogens is 1. The minimum Gasteiger partial charge on any atom is -0.444 e. The molecule has 1 aromatic rings. The van der Waals surface area contributed by atoms with Gasteiger partial charge in [-0.05, 0) is 39.7 Å². The summed E-state index contributed by atoms with van der Waals surface area (Å²) >= 11 is 1.74. The predicted octanol–water partition coefficient (Wildman–Crippen LogP) is 1.88. The largest absolute Gasteiger partial charge is 0.444 e. The number of piperidine rings is 1. The molecule has 0 aromatic carbocycles. The number of hydrogen-bond acceptors (Lipinski definition) is 6. The molecule has 3 heterocycles. The van der Waals surface area contributed by atoms with Gasteiger partial charge in [-0.1, -0.05) is 0 Å². The van der Waals surface area contributed by atoms with Crippen molar-refractivity contribution in [1.82, 2.24) is 19.5 Å². The van der Waals surface area contributed by atoms with Crippen molar-refractivity contribution in [2.75, 3.05) is 37.7 Å². The third kappa shape index (κ3) is 5.70. The molecule has 0 bridgehead atoms. The van der Waals surface area contributed by atoms with Crippen LogP contribution in [0.4, 0.5) is 4.79 Å². The molecule has 0 radical (unpaired) electrons. The van der Waals surface area contributed by atoms with Crippen LogP contribution in [0.15, 0.2) is 17.2 Å². The van der Waals surface area contributed by atoms with Gasteiger partial charge in [-0.15, -0.1) is 0 Å². The van der Waals surface area contributed by atoms with Crippen LogP contribution in [-0.4, -0.2) is 83.9 Å². The van der Waals surface area contributed by atoms with Gasteiger partial charge >= 0.3 is 6.09 Å². The number of aromatic nitrogens is 1. The Labute approximate surface area is 181 Å². The number of carbonyl (C=O) groups is 2. The molecule has 2 saturated heterocycles. The van der Waals surface area contributed by atoms with Crippen molar-refractivity contribution in [1.29, 1.82) is 0 Å². The summed E-state index contributed by atoms with van der Waals surface area (Å²) in [6.45, 7) is 7.35. The maximum atomic E-state index is 12.8. The van der Waals surface area contributed by atoms with Crippen LogP contribution in [0.3, 0.4) is 0 Å². The van der Waals surface area contributed by atoms with E-state index < -0.39 is 21.7 Å². The second kappa shape index (κ2) is 9.19. The maximum absolute atomic E-state index is 12.8. The number of nitrogens with one attached hydrogen (secondary N) is 2. The topological polar surface area (TPSA) is 112 Å². The van der Waals surface area contributed by atoms with E-state index in [2.05, 4.69) is 10.3 Å². The first-order valence-electron chi connectivity index (χ1n) is 10.1. The highest BCUT2D eigenvalue weighted by molar-refractivity contribution is 7.99. The molecule has 2 N–H and O–H groups in total. The molecule has 2 fully saturated rings. The standard InChI is InChI=1S/C19H30N4O5S2/c1-19(2,3)28-18(25)21-14-4-6-22(7-5-14)17(24)16-12-15(13-20-16)30(26,27)23-8-10-29-11-9-23/h12-14,20H,4-11H2,1-3H3,(H,21,25). The van der Waals surface area contributed by atoms with Crippen LogP contribution < -0.4 is 5.32 Å². The summed E-state index contributed by atoms with van der Waals surface area (Å²) in [5.74, 6) is 1.32. The smallest absolute Gasteiger partial charge is 0.407 e. The zero-order chi connectivity index (χ0) is 21.9. The summed E-state index contributed by atoms with van der Waals surface area (Å²) in [7, 11) is -3.59. The molecule has 2 aliphatic heterocycles.